The largest absolute Gasteiger partial charge is 0.336 e. The molecule has 1 amide bonds. The molecule has 3 heteroatoms. The predicted octanol–water partition coefficient (Wildman–Crippen LogP) is 3.14. The summed E-state index contributed by atoms with van der Waals surface area (Å²) in [6.45, 7) is 9.49. The molecular weight excluding hydrogens is 284 g/mol. The first-order chi connectivity index (χ1) is 11.1. The standard InChI is InChI=1S/C20H32N2O/c1-5-16-10-8-11-17(6-2)20(16)22-19(23)13-21-18-12-7-9-14(3)15(18)4/h8,10-11,14-15,18,21H,5-7,9,12-13H2,1-4H3,(H,22,23)/p+1/t14-,15-,18+/m0/s1. The van der Waals surface area contributed by atoms with E-state index >= 15 is 0 Å². The van der Waals surface area contributed by atoms with Crippen molar-refractivity contribution in [1.82, 2.24) is 0 Å². The quantitative estimate of drug-likeness (QED) is 0.832. The lowest BCUT2D eigenvalue weighted by atomic mass is 9.78. The molecule has 128 valence electrons. The molecule has 0 aromatic heterocycles. The molecular formula is C20H33N2O+. The van der Waals surface area contributed by atoms with Crippen LogP contribution >= 0.6 is 0 Å². The van der Waals surface area contributed by atoms with Crippen molar-refractivity contribution in [1.29, 1.82) is 0 Å². The van der Waals surface area contributed by atoms with Crippen molar-refractivity contribution in [2.45, 2.75) is 65.8 Å². The Morgan fingerprint density at radius 1 is 1.17 bits per heavy atom. The molecule has 1 aliphatic rings. The van der Waals surface area contributed by atoms with Crippen LogP contribution in [0.15, 0.2) is 18.2 Å². The average Bonchev–Trinajstić information content (AvgIpc) is 2.56. The topological polar surface area (TPSA) is 45.7 Å². The third-order valence-corrected chi connectivity index (χ3v) is 5.64. The molecule has 1 fully saturated rings. The van der Waals surface area contributed by atoms with Crippen LogP contribution in [0.3, 0.4) is 0 Å². The Hall–Kier alpha value is -1.35. The lowest BCUT2D eigenvalue weighted by Gasteiger charge is -2.32. The highest BCUT2D eigenvalue weighted by atomic mass is 16.1. The van der Waals surface area contributed by atoms with E-state index in [0.717, 1.165) is 24.4 Å². The number of nitrogens with two attached hydrogens (primary N) is 1. The van der Waals surface area contributed by atoms with E-state index in [2.05, 4.69) is 56.5 Å². The molecule has 0 aliphatic heterocycles. The molecule has 3 atom stereocenters. The molecule has 1 aromatic carbocycles. The molecule has 0 bridgehead atoms. The molecule has 0 unspecified atom stereocenters. The minimum Gasteiger partial charge on any atom is -0.336 e. The van der Waals surface area contributed by atoms with Crippen LogP contribution in [0.25, 0.3) is 0 Å². The fourth-order valence-corrected chi connectivity index (χ4v) is 3.81. The summed E-state index contributed by atoms with van der Waals surface area (Å²) >= 11 is 0. The van der Waals surface area contributed by atoms with E-state index in [1.165, 1.54) is 30.4 Å². The van der Waals surface area contributed by atoms with Crippen molar-refractivity contribution in [3.63, 3.8) is 0 Å². The van der Waals surface area contributed by atoms with Crippen LogP contribution in [0.4, 0.5) is 5.69 Å². The Bertz CT molecular complexity index is 504. The summed E-state index contributed by atoms with van der Waals surface area (Å²) in [7, 11) is 0. The number of benzene rings is 1. The summed E-state index contributed by atoms with van der Waals surface area (Å²) in [6.07, 6.45) is 5.77. The summed E-state index contributed by atoms with van der Waals surface area (Å²) in [5.74, 6) is 1.61. The highest BCUT2D eigenvalue weighted by Gasteiger charge is 2.30. The van der Waals surface area contributed by atoms with Crippen LogP contribution in [0.2, 0.25) is 0 Å². The number of aryl methyl sites for hydroxylation is 2. The summed E-state index contributed by atoms with van der Waals surface area (Å²) in [4.78, 5) is 12.4. The van der Waals surface area contributed by atoms with Crippen molar-refractivity contribution in [3.05, 3.63) is 29.3 Å². The fraction of sp³-hybridized carbons (Fsp3) is 0.650. The number of anilines is 1. The zero-order valence-corrected chi connectivity index (χ0v) is 15.2. The van der Waals surface area contributed by atoms with Crippen LogP contribution in [-0.2, 0) is 17.6 Å². The first-order valence-corrected chi connectivity index (χ1v) is 9.30. The normalized spacial score (nSPS) is 24.4. The van der Waals surface area contributed by atoms with Gasteiger partial charge in [-0.15, -0.1) is 0 Å². The Morgan fingerprint density at radius 2 is 1.83 bits per heavy atom. The molecule has 1 aromatic rings. The number of carbonyl (C=O) groups is 1. The number of hydrogen-bond acceptors (Lipinski definition) is 1. The number of carbonyl (C=O) groups excluding carboxylic acids is 1. The predicted molar refractivity (Wildman–Crippen MR) is 96.6 cm³/mol. The van der Waals surface area contributed by atoms with Crippen LogP contribution in [0, 0.1) is 11.8 Å². The summed E-state index contributed by atoms with van der Waals surface area (Å²) in [5.41, 5.74) is 3.51. The van der Waals surface area contributed by atoms with Gasteiger partial charge in [-0.3, -0.25) is 4.79 Å². The Morgan fingerprint density at radius 3 is 2.43 bits per heavy atom. The van der Waals surface area contributed by atoms with Gasteiger partial charge < -0.3 is 10.6 Å². The molecule has 23 heavy (non-hydrogen) atoms. The lowest BCUT2D eigenvalue weighted by molar-refractivity contribution is -0.688. The van der Waals surface area contributed by atoms with Gasteiger partial charge in [0.25, 0.3) is 5.91 Å². The second kappa shape index (κ2) is 8.49. The van der Waals surface area contributed by atoms with Gasteiger partial charge in [0.2, 0.25) is 0 Å². The van der Waals surface area contributed by atoms with Gasteiger partial charge in [0.15, 0.2) is 6.54 Å². The van der Waals surface area contributed by atoms with Gasteiger partial charge in [0.1, 0.15) is 0 Å². The molecule has 0 radical (unpaired) electrons. The number of nitrogens with one attached hydrogen (secondary N) is 1. The van der Waals surface area contributed by atoms with Crippen molar-refractivity contribution >= 4 is 11.6 Å². The van der Waals surface area contributed by atoms with Gasteiger partial charge in [0.05, 0.1) is 6.04 Å². The summed E-state index contributed by atoms with van der Waals surface area (Å²) in [5, 5.41) is 5.44. The zero-order valence-electron chi connectivity index (χ0n) is 15.2. The number of hydrogen-bond donors (Lipinski definition) is 2. The highest BCUT2D eigenvalue weighted by Crippen LogP contribution is 2.27. The Balaban J connectivity index is 1.95. The third kappa shape index (κ3) is 4.57. The molecule has 2 rings (SSSR count). The van der Waals surface area contributed by atoms with Crippen LogP contribution in [-0.4, -0.2) is 18.5 Å². The minimum absolute atomic E-state index is 0.131. The third-order valence-electron chi connectivity index (χ3n) is 5.64. The van der Waals surface area contributed by atoms with Crippen LogP contribution < -0.4 is 10.6 Å². The molecule has 0 heterocycles. The summed E-state index contributed by atoms with van der Waals surface area (Å²) < 4.78 is 0. The highest BCUT2D eigenvalue weighted by molar-refractivity contribution is 5.93. The average molecular weight is 317 g/mol. The molecule has 1 saturated carbocycles. The zero-order chi connectivity index (χ0) is 16.8. The molecule has 1 aliphatic carbocycles. The van der Waals surface area contributed by atoms with E-state index in [9.17, 15) is 4.79 Å². The van der Waals surface area contributed by atoms with Gasteiger partial charge in [-0.25, -0.2) is 0 Å². The summed E-state index contributed by atoms with van der Waals surface area (Å²) in [6, 6.07) is 6.91. The maximum absolute atomic E-state index is 12.4. The Kier molecular flexibility index (Phi) is 6.64. The van der Waals surface area contributed by atoms with Crippen molar-refractivity contribution < 1.29 is 10.1 Å². The minimum atomic E-state index is 0.131. The number of rotatable bonds is 6. The second-order valence-electron chi connectivity index (χ2n) is 7.08. The maximum Gasteiger partial charge on any atom is 0.279 e. The lowest BCUT2D eigenvalue weighted by Crippen LogP contribution is -2.93. The van der Waals surface area contributed by atoms with Gasteiger partial charge in [-0.05, 0) is 49.1 Å². The second-order valence-corrected chi connectivity index (χ2v) is 7.08. The SMILES string of the molecule is CCc1cccc(CC)c1NC(=O)C[NH2+][C@@H]1CCC[C@H](C)[C@@H]1C. The molecule has 0 spiro atoms. The number of quaternary nitrogens is 1. The first-order valence-electron chi connectivity index (χ1n) is 9.30. The smallest absolute Gasteiger partial charge is 0.279 e. The monoisotopic (exact) mass is 317 g/mol. The van der Waals surface area contributed by atoms with Gasteiger partial charge >= 0.3 is 0 Å². The fourth-order valence-electron chi connectivity index (χ4n) is 3.81. The van der Waals surface area contributed by atoms with Crippen LogP contribution in [0.1, 0.15) is 58.1 Å². The first kappa shape index (κ1) is 18.0. The van der Waals surface area contributed by atoms with Crippen LogP contribution in [0.5, 0.6) is 0 Å². The van der Waals surface area contributed by atoms with E-state index in [4.69, 9.17) is 0 Å². The van der Waals surface area contributed by atoms with E-state index < -0.39 is 0 Å². The van der Waals surface area contributed by atoms with E-state index in [-0.39, 0.29) is 5.91 Å². The van der Waals surface area contributed by atoms with Gasteiger partial charge in [-0.1, -0.05) is 45.9 Å². The van der Waals surface area contributed by atoms with Crippen molar-refractivity contribution in [2.75, 3.05) is 11.9 Å². The molecule has 3 nitrogen and oxygen atoms in total. The van der Waals surface area contributed by atoms with E-state index in [0.29, 0.717) is 18.5 Å². The van der Waals surface area contributed by atoms with Gasteiger partial charge in [0, 0.05) is 11.6 Å². The molecule has 3 N–H and O–H groups in total. The maximum atomic E-state index is 12.4. The van der Waals surface area contributed by atoms with E-state index in [1.54, 1.807) is 0 Å². The van der Waals surface area contributed by atoms with Gasteiger partial charge in [-0.2, -0.15) is 0 Å². The Labute approximate surface area is 141 Å². The van der Waals surface area contributed by atoms with E-state index in [1.807, 2.05) is 0 Å². The van der Waals surface area contributed by atoms with Crippen molar-refractivity contribution in [3.8, 4) is 0 Å². The number of amides is 1. The molecule has 0 saturated heterocycles. The van der Waals surface area contributed by atoms with Crippen molar-refractivity contribution in [2.24, 2.45) is 11.8 Å². The number of para-hydroxylation sites is 1.